The van der Waals surface area contributed by atoms with Crippen molar-refractivity contribution >= 4 is 29.9 Å². The first kappa shape index (κ1) is 24.9. The molecule has 3 unspecified atom stereocenters. The second-order valence-electron chi connectivity index (χ2n) is 6.74. The van der Waals surface area contributed by atoms with Crippen molar-refractivity contribution in [2.24, 2.45) is 10.9 Å². The molecule has 28 heavy (non-hydrogen) atoms. The highest BCUT2D eigenvalue weighted by atomic mass is 127. The summed E-state index contributed by atoms with van der Waals surface area (Å²) < 4.78 is 57.5. The van der Waals surface area contributed by atoms with Crippen molar-refractivity contribution in [3.8, 4) is 0 Å². The average molecular weight is 517 g/mol. The lowest BCUT2D eigenvalue weighted by Crippen LogP contribution is -2.47. The Morgan fingerprint density at radius 3 is 2.50 bits per heavy atom. The van der Waals surface area contributed by atoms with Crippen molar-refractivity contribution in [3.63, 3.8) is 0 Å². The molecule has 160 valence electrons. The number of nitrogens with one attached hydrogen (secondary N) is 2. The summed E-state index contributed by atoms with van der Waals surface area (Å²) in [5.74, 6) is -1.13. The van der Waals surface area contributed by atoms with Crippen LogP contribution in [0.25, 0.3) is 0 Å². The topological polar surface area (TPSA) is 45.7 Å². The Morgan fingerprint density at radius 1 is 1.25 bits per heavy atom. The number of hydrogen-bond acceptors (Lipinski definition) is 2. The van der Waals surface area contributed by atoms with E-state index in [1.807, 2.05) is 6.92 Å². The second-order valence-corrected chi connectivity index (χ2v) is 6.74. The van der Waals surface area contributed by atoms with Crippen LogP contribution in [0.5, 0.6) is 0 Å². The predicted octanol–water partition coefficient (Wildman–Crippen LogP) is 4.81. The summed E-state index contributed by atoms with van der Waals surface area (Å²) in [6, 6.07) is 5.71. The van der Waals surface area contributed by atoms with Gasteiger partial charge in [0, 0.05) is 19.7 Å². The minimum absolute atomic E-state index is 0. The molecule has 0 bridgehead atoms. The molecule has 0 amide bonds. The van der Waals surface area contributed by atoms with Gasteiger partial charge < -0.3 is 15.4 Å². The standard InChI is InChI=1S/C19H27F4N3O.HI/c1-3-24-18(26-16-6-4-5-14(11-16)19(21,22)23)25-12-17(27-2)13-7-9-15(20)10-8-13;/h7-10,14,16-17H,3-6,11-12H2,1-2H3,(H2,24,25,26);1H. The van der Waals surface area contributed by atoms with E-state index in [0.29, 0.717) is 25.3 Å². The van der Waals surface area contributed by atoms with Gasteiger partial charge in [0.15, 0.2) is 5.96 Å². The largest absolute Gasteiger partial charge is 0.391 e. The van der Waals surface area contributed by atoms with Crippen molar-refractivity contribution < 1.29 is 22.3 Å². The number of rotatable bonds is 6. The van der Waals surface area contributed by atoms with Crippen LogP contribution >= 0.6 is 24.0 Å². The van der Waals surface area contributed by atoms with E-state index in [9.17, 15) is 17.6 Å². The molecule has 0 heterocycles. The van der Waals surface area contributed by atoms with Gasteiger partial charge in [0.25, 0.3) is 0 Å². The Balaban J connectivity index is 0.00000392. The zero-order valence-electron chi connectivity index (χ0n) is 16.1. The number of methoxy groups -OCH3 is 1. The Hall–Kier alpha value is -1.10. The number of benzene rings is 1. The predicted molar refractivity (Wildman–Crippen MR) is 112 cm³/mol. The molecule has 0 radical (unpaired) electrons. The molecule has 1 aliphatic carbocycles. The minimum atomic E-state index is -4.15. The summed E-state index contributed by atoms with van der Waals surface area (Å²) in [5, 5.41) is 6.19. The number of hydrogen-bond donors (Lipinski definition) is 2. The third kappa shape index (κ3) is 7.73. The molecule has 2 rings (SSSR count). The molecule has 4 nitrogen and oxygen atoms in total. The Labute approximate surface area is 180 Å². The van der Waals surface area contributed by atoms with Crippen LogP contribution < -0.4 is 10.6 Å². The number of nitrogens with zero attached hydrogens (tertiary/aromatic N) is 1. The monoisotopic (exact) mass is 517 g/mol. The Morgan fingerprint density at radius 2 is 1.93 bits per heavy atom. The van der Waals surface area contributed by atoms with Crippen LogP contribution in [-0.4, -0.2) is 38.4 Å². The number of ether oxygens (including phenoxy) is 1. The van der Waals surface area contributed by atoms with Crippen LogP contribution in [0.15, 0.2) is 29.3 Å². The van der Waals surface area contributed by atoms with Crippen molar-refractivity contribution in [2.45, 2.75) is 50.9 Å². The van der Waals surface area contributed by atoms with Gasteiger partial charge in [-0.15, -0.1) is 24.0 Å². The van der Waals surface area contributed by atoms with Crippen LogP contribution in [0.4, 0.5) is 17.6 Å². The van der Waals surface area contributed by atoms with E-state index >= 15 is 0 Å². The maximum atomic E-state index is 13.1. The van der Waals surface area contributed by atoms with Crippen molar-refractivity contribution in [3.05, 3.63) is 35.6 Å². The van der Waals surface area contributed by atoms with E-state index in [0.717, 1.165) is 5.56 Å². The maximum Gasteiger partial charge on any atom is 0.391 e. The van der Waals surface area contributed by atoms with Gasteiger partial charge >= 0.3 is 6.18 Å². The summed E-state index contributed by atoms with van der Waals surface area (Å²) in [6.45, 7) is 2.76. The normalized spacial score (nSPS) is 21.6. The fourth-order valence-corrected chi connectivity index (χ4v) is 3.30. The zero-order chi connectivity index (χ0) is 19.9. The minimum Gasteiger partial charge on any atom is -0.375 e. The van der Waals surface area contributed by atoms with E-state index in [1.165, 1.54) is 12.1 Å². The van der Waals surface area contributed by atoms with Crippen LogP contribution in [-0.2, 0) is 4.74 Å². The molecule has 1 aromatic rings. The zero-order valence-corrected chi connectivity index (χ0v) is 18.4. The van der Waals surface area contributed by atoms with E-state index in [2.05, 4.69) is 15.6 Å². The summed E-state index contributed by atoms with van der Waals surface area (Å²) in [7, 11) is 1.54. The molecule has 2 N–H and O–H groups in total. The first-order chi connectivity index (χ1) is 12.8. The average Bonchev–Trinajstić information content (AvgIpc) is 2.63. The number of alkyl halides is 3. The van der Waals surface area contributed by atoms with Crippen LogP contribution in [0.3, 0.4) is 0 Å². The van der Waals surface area contributed by atoms with Crippen molar-refractivity contribution in [1.82, 2.24) is 10.6 Å². The molecular weight excluding hydrogens is 489 g/mol. The van der Waals surface area contributed by atoms with Crippen LogP contribution in [0.1, 0.15) is 44.3 Å². The molecule has 1 aromatic carbocycles. The smallest absolute Gasteiger partial charge is 0.375 e. The molecule has 0 aromatic heterocycles. The highest BCUT2D eigenvalue weighted by molar-refractivity contribution is 14.0. The summed E-state index contributed by atoms with van der Waals surface area (Å²) in [4.78, 5) is 4.46. The summed E-state index contributed by atoms with van der Waals surface area (Å²) >= 11 is 0. The molecule has 1 fully saturated rings. The van der Waals surface area contributed by atoms with Gasteiger partial charge in [0.2, 0.25) is 0 Å². The Kier molecular flexibility index (Phi) is 10.5. The molecule has 0 saturated heterocycles. The summed E-state index contributed by atoms with van der Waals surface area (Å²) in [6.07, 6.45) is -3.05. The fraction of sp³-hybridized carbons (Fsp3) is 0.632. The van der Waals surface area contributed by atoms with E-state index in [1.54, 1.807) is 19.2 Å². The van der Waals surface area contributed by atoms with Crippen molar-refractivity contribution in [2.75, 3.05) is 20.2 Å². The lowest BCUT2D eigenvalue weighted by Gasteiger charge is -2.32. The molecule has 1 saturated carbocycles. The molecule has 0 aliphatic heterocycles. The van der Waals surface area contributed by atoms with Gasteiger partial charge in [-0.25, -0.2) is 4.39 Å². The second kappa shape index (κ2) is 11.8. The van der Waals surface area contributed by atoms with E-state index < -0.39 is 12.1 Å². The summed E-state index contributed by atoms with van der Waals surface area (Å²) in [5.41, 5.74) is 0.785. The fourth-order valence-electron chi connectivity index (χ4n) is 3.30. The van der Waals surface area contributed by atoms with Crippen LogP contribution in [0, 0.1) is 11.7 Å². The van der Waals surface area contributed by atoms with Crippen LogP contribution in [0.2, 0.25) is 0 Å². The maximum absolute atomic E-state index is 13.1. The van der Waals surface area contributed by atoms with Gasteiger partial charge in [0.05, 0.1) is 12.5 Å². The SMILES string of the molecule is CCNC(=NCC(OC)c1ccc(F)cc1)NC1CCCC(C(F)(F)F)C1.I. The molecule has 1 aliphatic rings. The number of halogens is 5. The molecule has 0 spiro atoms. The number of guanidine groups is 1. The van der Waals surface area contributed by atoms with Gasteiger partial charge in [-0.05, 0) is 43.9 Å². The lowest BCUT2D eigenvalue weighted by atomic mass is 9.85. The highest BCUT2D eigenvalue weighted by Gasteiger charge is 2.42. The molecule has 9 heteroatoms. The van der Waals surface area contributed by atoms with Gasteiger partial charge in [-0.2, -0.15) is 13.2 Å². The molecule has 3 atom stereocenters. The quantitative estimate of drug-likeness (QED) is 0.247. The number of aliphatic imine (C=N–C) groups is 1. The van der Waals surface area contributed by atoms with E-state index in [-0.39, 0.29) is 61.3 Å². The van der Waals surface area contributed by atoms with Crippen molar-refractivity contribution in [1.29, 1.82) is 0 Å². The Bertz CT molecular complexity index is 610. The third-order valence-corrected chi connectivity index (χ3v) is 4.76. The van der Waals surface area contributed by atoms with Gasteiger partial charge in [-0.3, -0.25) is 4.99 Å². The molecular formula is C19H28F4IN3O. The highest BCUT2D eigenvalue weighted by Crippen LogP contribution is 2.37. The van der Waals surface area contributed by atoms with Gasteiger partial charge in [0.1, 0.15) is 11.9 Å². The first-order valence-corrected chi connectivity index (χ1v) is 9.23. The third-order valence-electron chi connectivity index (χ3n) is 4.76. The van der Waals surface area contributed by atoms with Gasteiger partial charge in [-0.1, -0.05) is 18.6 Å². The first-order valence-electron chi connectivity index (χ1n) is 9.23. The van der Waals surface area contributed by atoms with E-state index in [4.69, 9.17) is 4.74 Å². The lowest BCUT2D eigenvalue weighted by molar-refractivity contribution is -0.183.